The van der Waals surface area contributed by atoms with E-state index in [1.54, 1.807) is 12.1 Å². The van der Waals surface area contributed by atoms with Gasteiger partial charge in [0.05, 0.1) is 21.9 Å². The number of hydrogen-bond donors (Lipinski definition) is 2. The lowest BCUT2D eigenvalue weighted by atomic mass is 9.72. The van der Waals surface area contributed by atoms with Crippen molar-refractivity contribution in [2.24, 2.45) is 5.41 Å². The Bertz CT molecular complexity index is 1560. The van der Waals surface area contributed by atoms with Crippen LogP contribution < -0.4 is 20.5 Å². The van der Waals surface area contributed by atoms with Crippen LogP contribution in [0.25, 0.3) is 10.8 Å². The van der Waals surface area contributed by atoms with Crippen molar-refractivity contribution < 1.29 is 19.2 Å². The van der Waals surface area contributed by atoms with Gasteiger partial charge in [0.25, 0.3) is 11.6 Å². The highest BCUT2D eigenvalue weighted by atomic mass is 16.6. The van der Waals surface area contributed by atoms with Gasteiger partial charge in [-0.3, -0.25) is 14.9 Å². The van der Waals surface area contributed by atoms with E-state index in [4.69, 9.17) is 15.2 Å². The van der Waals surface area contributed by atoms with Crippen molar-refractivity contribution in [1.29, 1.82) is 0 Å². The van der Waals surface area contributed by atoms with Crippen molar-refractivity contribution >= 4 is 33.7 Å². The highest BCUT2D eigenvalue weighted by Gasteiger charge is 2.27. The number of fused-ring (bicyclic) bond motifs is 1. The van der Waals surface area contributed by atoms with Crippen LogP contribution in [-0.4, -0.2) is 24.0 Å². The molecule has 41 heavy (non-hydrogen) atoms. The number of carbonyl (C=O) groups excluding carboxylic acids is 1. The van der Waals surface area contributed by atoms with Gasteiger partial charge in [-0.05, 0) is 52.5 Å². The zero-order chi connectivity index (χ0) is 29.8. The second kappa shape index (κ2) is 11.9. The molecule has 8 nitrogen and oxygen atoms in total. The number of carbonyl (C=O) groups is 1. The van der Waals surface area contributed by atoms with Gasteiger partial charge in [-0.2, -0.15) is 0 Å². The summed E-state index contributed by atoms with van der Waals surface area (Å²) in [6.07, 6.45) is 1.05. The molecule has 8 heteroatoms. The fourth-order valence-corrected chi connectivity index (χ4v) is 5.28. The van der Waals surface area contributed by atoms with Crippen molar-refractivity contribution in [3.05, 3.63) is 100 Å². The van der Waals surface area contributed by atoms with Gasteiger partial charge in [0.2, 0.25) is 0 Å². The molecule has 0 bridgehead atoms. The van der Waals surface area contributed by atoms with Crippen molar-refractivity contribution in [1.82, 2.24) is 0 Å². The second-order valence-corrected chi connectivity index (χ2v) is 12.0. The minimum Gasteiger partial charge on any atom is -0.490 e. The molecule has 4 aromatic carbocycles. The Morgan fingerprint density at radius 2 is 1.59 bits per heavy atom. The number of nitrogens with zero attached hydrogens (tertiary/aromatic N) is 1. The number of anilines is 2. The van der Waals surface area contributed by atoms with Crippen molar-refractivity contribution in [2.75, 3.05) is 24.3 Å². The molecule has 0 atom stereocenters. The Hall–Kier alpha value is -4.59. The molecular weight excluding hydrogens is 518 g/mol. The number of ether oxygens (including phenoxy) is 2. The largest absolute Gasteiger partial charge is 0.490 e. The minimum absolute atomic E-state index is 0.0359. The first-order chi connectivity index (χ1) is 19.3. The Balaban J connectivity index is 1.42. The molecule has 0 aliphatic carbocycles. The summed E-state index contributed by atoms with van der Waals surface area (Å²) in [5.74, 6) is 0.503. The number of benzene rings is 4. The number of non-ortho nitro benzene ring substituents is 1. The van der Waals surface area contributed by atoms with Crippen LogP contribution in [0.5, 0.6) is 11.5 Å². The van der Waals surface area contributed by atoms with Gasteiger partial charge in [-0.15, -0.1) is 0 Å². The van der Waals surface area contributed by atoms with E-state index >= 15 is 0 Å². The molecule has 0 unspecified atom stereocenters. The zero-order valence-corrected chi connectivity index (χ0v) is 24.2. The highest BCUT2D eigenvalue weighted by molar-refractivity contribution is 6.13. The van der Waals surface area contributed by atoms with Gasteiger partial charge in [0, 0.05) is 17.5 Å². The average Bonchev–Trinajstić information content (AvgIpc) is 2.91. The molecule has 3 N–H and O–H groups in total. The third-order valence-corrected chi connectivity index (χ3v) is 6.86. The summed E-state index contributed by atoms with van der Waals surface area (Å²) >= 11 is 0. The lowest BCUT2D eigenvalue weighted by Gasteiger charge is -2.33. The first kappa shape index (κ1) is 29.4. The Kier molecular flexibility index (Phi) is 8.52. The SMILES string of the molecule is CC(C)(C)CC(C)(C)c1ccc(OCCOc2ccc([N+](=O)[O-])cc2NC(=O)c2ccc3ccccc3c2N)cc1. The molecule has 0 spiro atoms. The summed E-state index contributed by atoms with van der Waals surface area (Å²) in [4.78, 5) is 24.0. The van der Waals surface area contributed by atoms with E-state index in [0.717, 1.165) is 17.2 Å². The molecular formula is C33H37N3O5. The molecule has 214 valence electrons. The van der Waals surface area contributed by atoms with Crippen LogP contribution in [0.2, 0.25) is 0 Å². The maximum atomic E-state index is 13.2. The molecule has 0 radical (unpaired) electrons. The van der Waals surface area contributed by atoms with Crippen LogP contribution in [0.3, 0.4) is 0 Å². The number of nitro benzene ring substituents is 1. The fourth-order valence-electron chi connectivity index (χ4n) is 5.28. The molecule has 4 rings (SSSR count). The summed E-state index contributed by atoms with van der Waals surface area (Å²) in [6.45, 7) is 11.6. The summed E-state index contributed by atoms with van der Waals surface area (Å²) in [6, 6.07) is 23.1. The summed E-state index contributed by atoms with van der Waals surface area (Å²) in [5, 5.41) is 15.8. The third-order valence-electron chi connectivity index (χ3n) is 6.86. The summed E-state index contributed by atoms with van der Waals surface area (Å²) < 4.78 is 11.7. The summed E-state index contributed by atoms with van der Waals surface area (Å²) in [5.41, 5.74) is 8.37. The number of hydrogen-bond acceptors (Lipinski definition) is 6. The first-order valence-corrected chi connectivity index (χ1v) is 13.6. The lowest BCUT2D eigenvalue weighted by Crippen LogP contribution is -2.24. The van der Waals surface area contributed by atoms with Gasteiger partial charge in [-0.1, -0.05) is 77.1 Å². The monoisotopic (exact) mass is 555 g/mol. The second-order valence-electron chi connectivity index (χ2n) is 12.0. The molecule has 0 aliphatic rings. The predicted octanol–water partition coefficient (Wildman–Crippen LogP) is 7.75. The lowest BCUT2D eigenvalue weighted by molar-refractivity contribution is -0.384. The zero-order valence-electron chi connectivity index (χ0n) is 24.2. The van der Waals surface area contributed by atoms with Crippen LogP contribution in [0.4, 0.5) is 17.1 Å². The van der Waals surface area contributed by atoms with Gasteiger partial charge in [0.1, 0.15) is 24.7 Å². The van der Waals surface area contributed by atoms with Gasteiger partial charge in [-0.25, -0.2) is 0 Å². The van der Waals surface area contributed by atoms with E-state index in [-0.39, 0.29) is 46.7 Å². The van der Waals surface area contributed by atoms with Crippen LogP contribution in [-0.2, 0) is 5.41 Å². The van der Waals surface area contributed by atoms with E-state index < -0.39 is 10.8 Å². The standard InChI is InChI=1S/C33H37N3O5/c1-32(2,3)21-33(4,5)23-11-14-25(15-12-23)40-18-19-41-29-17-13-24(36(38)39)20-28(29)35-31(37)27-16-10-22-8-6-7-9-26(22)30(27)34/h6-17,20H,18-19,21,34H2,1-5H3,(H,35,37). The van der Waals surface area contributed by atoms with E-state index in [2.05, 4.69) is 52.1 Å². The van der Waals surface area contributed by atoms with E-state index in [0.29, 0.717) is 11.4 Å². The normalized spacial score (nSPS) is 11.7. The highest BCUT2D eigenvalue weighted by Crippen LogP contribution is 2.37. The molecule has 4 aromatic rings. The molecule has 0 aliphatic heterocycles. The molecule has 0 aromatic heterocycles. The maximum Gasteiger partial charge on any atom is 0.271 e. The quantitative estimate of drug-likeness (QED) is 0.0894. The van der Waals surface area contributed by atoms with Crippen LogP contribution in [0.1, 0.15) is 57.0 Å². The van der Waals surface area contributed by atoms with Crippen LogP contribution in [0, 0.1) is 15.5 Å². The van der Waals surface area contributed by atoms with E-state index in [1.807, 2.05) is 36.4 Å². The van der Waals surface area contributed by atoms with E-state index in [9.17, 15) is 14.9 Å². The number of nitrogens with one attached hydrogen (secondary N) is 1. The van der Waals surface area contributed by atoms with Crippen LogP contribution >= 0.6 is 0 Å². The molecule has 0 heterocycles. The topological polar surface area (TPSA) is 117 Å². The van der Waals surface area contributed by atoms with Gasteiger partial charge in [0.15, 0.2) is 0 Å². The maximum absolute atomic E-state index is 13.2. The molecule has 0 saturated heterocycles. The molecule has 0 fully saturated rings. The number of rotatable bonds is 10. The smallest absolute Gasteiger partial charge is 0.271 e. The third kappa shape index (κ3) is 7.33. The van der Waals surface area contributed by atoms with Crippen molar-refractivity contribution in [3.63, 3.8) is 0 Å². The number of nitro groups is 1. The molecule has 0 saturated carbocycles. The average molecular weight is 556 g/mol. The predicted molar refractivity (Wildman–Crippen MR) is 164 cm³/mol. The van der Waals surface area contributed by atoms with Gasteiger partial charge >= 0.3 is 0 Å². The number of amides is 1. The first-order valence-electron chi connectivity index (χ1n) is 13.6. The molecule has 1 amide bonds. The van der Waals surface area contributed by atoms with Crippen LogP contribution in [0.15, 0.2) is 78.9 Å². The van der Waals surface area contributed by atoms with E-state index in [1.165, 1.54) is 23.8 Å². The fraction of sp³-hybridized carbons (Fsp3) is 0.303. The van der Waals surface area contributed by atoms with Crippen molar-refractivity contribution in [2.45, 2.75) is 46.5 Å². The number of nitrogen functional groups attached to an aromatic ring is 1. The Labute approximate surface area is 240 Å². The summed E-state index contributed by atoms with van der Waals surface area (Å²) in [7, 11) is 0. The Morgan fingerprint density at radius 3 is 2.27 bits per heavy atom. The van der Waals surface area contributed by atoms with Gasteiger partial charge < -0.3 is 20.5 Å². The minimum atomic E-state index is -0.528. The Morgan fingerprint density at radius 1 is 0.902 bits per heavy atom. The van der Waals surface area contributed by atoms with Crippen molar-refractivity contribution in [3.8, 4) is 11.5 Å². The number of nitrogens with two attached hydrogens (primary N) is 1.